The Kier molecular flexibility index (Phi) is 4.78. The molecule has 1 aliphatic rings. The van der Waals surface area contributed by atoms with E-state index >= 15 is 0 Å². The Hall–Kier alpha value is -2.04. The molecule has 128 valence electrons. The van der Waals surface area contributed by atoms with Crippen molar-refractivity contribution in [3.8, 4) is 5.75 Å². The van der Waals surface area contributed by atoms with Gasteiger partial charge in [0.25, 0.3) is 0 Å². The van der Waals surface area contributed by atoms with Crippen LogP contribution < -0.4 is 4.74 Å². The molecule has 0 atom stereocenters. The lowest BCUT2D eigenvalue weighted by Crippen LogP contribution is -2.11. The molecule has 0 spiro atoms. The third kappa shape index (κ3) is 3.25. The normalized spacial score (nSPS) is 21.2. The van der Waals surface area contributed by atoms with Gasteiger partial charge in [-0.05, 0) is 54.5 Å². The van der Waals surface area contributed by atoms with Gasteiger partial charge in [-0.2, -0.15) is 8.78 Å². The third-order valence-corrected chi connectivity index (χ3v) is 4.79. The zero-order valence-electron chi connectivity index (χ0n) is 13.1. The van der Waals surface area contributed by atoms with E-state index < -0.39 is 24.0 Å². The maximum atomic E-state index is 14.3. The molecule has 0 unspecified atom stereocenters. The van der Waals surface area contributed by atoms with Gasteiger partial charge in [-0.1, -0.05) is 24.3 Å². The van der Waals surface area contributed by atoms with Gasteiger partial charge >= 0.3 is 6.61 Å². The fraction of sp³-hybridized carbons (Fsp3) is 0.368. The average Bonchev–Trinajstić information content (AvgIpc) is 2.58. The second kappa shape index (κ2) is 6.83. The first-order valence-corrected chi connectivity index (χ1v) is 7.98. The van der Waals surface area contributed by atoms with Crippen molar-refractivity contribution in [3.05, 3.63) is 54.1 Å². The minimum Gasteiger partial charge on any atom is -0.429 e. The standard InChI is InChI=1S/C19H18F4O/c1-2-11-3-5-12(6-4-11)13-7-8-15-14(9-13)10-16(20)18(17(15)21)24-19(22)23/h2,7-12,19H,1,3-6H2. The van der Waals surface area contributed by atoms with Gasteiger partial charge in [0.1, 0.15) is 0 Å². The van der Waals surface area contributed by atoms with Crippen molar-refractivity contribution in [1.29, 1.82) is 0 Å². The van der Waals surface area contributed by atoms with E-state index in [0.29, 0.717) is 17.2 Å². The number of halogens is 4. The SMILES string of the molecule is C=CC1CCC(c2ccc3c(F)c(OC(F)F)c(F)cc3c2)CC1. The van der Waals surface area contributed by atoms with E-state index in [1.165, 1.54) is 6.07 Å². The number of fused-ring (bicyclic) bond motifs is 1. The number of hydrogen-bond donors (Lipinski definition) is 0. The molecule has 1 saturated carbocycles. The molecular formula is C19H18F4O. The molecule has 0 radical (unpaired) electrons. The summed E-state index contributed by atoms with van der Waals surface area (Å²) >= 11 is 0. The summed E-state index contributed by atoms with van der Waals surface area (Å²) in [4.78, 5) is 0. The van der Waals surface area contributed by atoms with Crippen molar-refractivity contribution in [2.45, 2.75) is 38.2 Å². The molecular weight excluding hydrogens is 320 g/mol. The van der Waals surface area contributed by atoms with Gasteiger partial charge in [-0.15, -0.1) is 6.58 Å². The van der Waals surface area contributed by atoms with Crippen molar-refractivity contribution in [1.82, 2.24) is 0 Å². The average molecular weight is 338 g/mol. The Labute approximate surface area is 137 Å². The van der Waals surface area contributed by atoms with E-state index in [1.807, 2.05) is 6.08 Å². The zero-order valence-corrected chi connectivity index (χ0v) is 13.1. The molecule has 0 aliphatic heterocycles. The van der Waals surface area contributed by atoms with Crippen LogP contribution in [0.5, 0.6) is 5.75 Å². The molecule has 0 aromatic heterocycles. The highest BCUT2D eigenvalue weighted by molar-refractivity contribution is 5.85. The summed E-state index contributed by atoms with van der Waals surface area (Å²) in [7, 11) is 0. The number of allylic oxidation sites excluding steroid dienone is 1. The summed E-state index contributed by atoms with van der Waals surface area (Å²) in [5, 5.41) is 0.436. The highest BCUT2D eigenvalue weighted by Crippen LogP contribution is 2.38. The monoisotopic (exact) mass is 338 g/mol. The van der Waals surface area contributed by atoms with Gasteiger partial charge in [0.05, 0.1) is 0 Å². The first-order valence-electron chi connectivity index (χ1n) is 7.98. The molecule has 24 heavy (non-hydrogen) atoms. The van der Waals surface area contributed by atoms with Crippen LogP contribution in [0.3, 0.4) is 0 Å². The van der Waals surface area contributed by atoms with E-state index in [-0.39, 0.29) is 5.39 Å². The van der Waals surface area contributed by atoms with Crippen molar-refractivity contribution in [2.75, 3.05) is 0 Å². The van der Waals surface area contributed by atoms with Gasteiger partial charge in [0, 0.05) is 5.39 Å². The number of hydrogen-bond acceptors (Lipinski definition) is 1. The number of ether oxygens (including phenoxy) is 1. The van der Waals surface area contributed by atoms with E-state index in [0.717, 1.165) is 37.3 Å². The number of rotatable bonds is 4. The lowest BCUT2D eigenvalue weighted by atomic mass is 9.78. The summed E-state index contributed by atoms with van der Waals surface area (Å²) in [6, 6.07) is 6.09. The van der Waals surface area contributed by atoms with Crippen LogP contribution in [0.15, 0.2) is 36.9 Å². The van der Waals surface area contributed by atoms with Crippen LogP contribution in [0.2, 0.25) is 0 Å². The van der Waals surface area contributed by atoms with Crippen LogP contribution in [-0.4, -0.2) is 6.61 Å². The predicted octanol–water partition coefficient (Wildman–Crippen LogP) is 6.18. The third-order valence-electron chi connectivity index (χ3n) is 4.79. The maximum Gasteiger partial charge on any atom is 0.387 e. The van der Waals surface area contributed by atoms with Gasteiger partial charge in [-0.3, -0.25) is 0 Å². The number of benzene rings is 2. The lowest BCUT2D eigenvalue weighted by molar-refractivity contribution is -0.0544. The zero-order chi connectivity index (χ0) is 17.3. The van der Waals surface area contributed by atoms with E-state index in [1.54, 1.807) is 12.1 Å². The van der Waals surface area contributed by atoms with Gasteiger partial charge in [-0.25, -0.2) is 8.78 Å². The molecule has 0 saturated heterocycles. The summed E-state index contributed by atoms with van der Waals surface area (Å²) in [5.41, 5.74) is 1.02. The van der Waals surface area contributed by atoms with Crippen LogP contribution in [0.4, 0.5) is 17.6 Å². The van der Waals surface area contributed by atoms with Crippen LogP contribution >= 0.6 is 0 Å². The van der Waals surface area contributed by atoms with Gasteiger partial charge in [0.15, 0.2) is 17.4 Å². The maximum absolute atomic E-state index is 14.3. The molecule has 3 rings (SSSR count). The van der Waals surface area contributed by atoms with Crippen LogP contribution in [0, 0.1) is 17.6 Å². The predicted molar refractivity (Wildman–Crippen MR) is 85.4 cm³/mol. The minimum absolute atomic E-state index is 0.0792. The molecule has 0 N–H and O–H groups in total. The fourth-order valence-electron chi connectivity index (χ4n) is 3.47. The molecule has 2 aromatic carbocycles. The summed E-state index contributed by atoms with van der Waals surface area (Å²) < 4.78 is 56.7. The second-order valence-electron chi connectivity index (χ2n) is 6.21. The van der Waals surface area contributed by atoms with Crippen molar-refractivity contribution in [3.63, 3.8) is 0 Å². The first-order chi connectivity index (χ1) is 11.5. The molecule has 0 bridgehead atoms. The smallest absolute Gasteiger partial charge is 0.387 e. The van der Waals surface area contributed by atoms with Crippen molar-refractivity contribution < 1.29 is 22.3 Å². The molecule has 1 fully saturated rings. The summed E-state index contributed by atoms with van der Waals surface area (Å²) in [6.45, 7) is 0.550. The Balaban J connectivity index is 1.93. The molecule has 0 heterocycles. The van der Waals surface area contributed by atoms with E-state index in [2.05, 4.69) is 11.3 Å². The highest BCUT2D eigenvalue weighted by atomic mass is 19.3. The van der Waals surface area contributed by atoms with Gasteiger partial charge < -0.3 is 4.74 Å². The molecule has 2 aromatic rings. The molecule has 5 heteroatoms. The Bertz CT molecular complexity index is 749. The van der Waals surface area contributed by atoms with E-state index in [4.69, 9.17) is 0 Å². The van der Waals surface area contributed by atoms with Crippen molar-refractivity contribution in [2.24, 2.45) is 5.92 Å². The van der Waals surface area contributed by atoms with Crippen molar-refractivity contribution >= 4 is 10.8 Å². The Morgan fingerprint density at radius 1 is 1.08 bits per heavy atom. The van der Waals surface area contributed by atoms with Crippen LogP contribution in [0.25, 0.3) is 10.8 Å². The lowest BCUT2D eigenvalue weighted by Gasteiger charge is -2.27. The fourth-order valence-corrected chi connectivity index (χ4v) is 3.47. The molecule has 1 nitrogen and oxygen atoms in total. The summed E-state index contributed by atoms with van der Waals surface area (Å²) in [5.74, 6) is -2.36. The number of alkyl halides is 2. The first kappa shape index (κ1) is 16.8. The molecule has 1 aliphatic carbocycles. The Morgan fingerprint density at radius 3 is 2.42 bits per heavy atom. The Morgan fingerprint density at radius 2 is 1.79 bits per heavy atom. The minimum atomic E-state index is -3.27. The van der Waals surface area contributed by atoms with Crippen LogP contribution in [0.1, 0.15) is 37.2 Å². The van der Waals surface area contributed by atoms with Crippen LogP contribution in [-0.2, 0) is 0 Å². The van der Waals surface area contributed by atoms with Gasteiger partial charge in [0.2, 0.25) is 0 Å². The second-order valence-corrected chi connectivity index (χ2v) is 6.21. The molecule has 0 amide bonds. The highest BCUT2D eigenvalue weighted by Gasteiger charge is 2.23. The quantitative estimate of drug-likeness (QED) is 0.478. The summed E-state index contributed by atoms with van der Waals surface area (Å²) in [6.07, 6.45) is 6.08. The largest absolute Gasteiger partial charge is 0.429 e. The van der Waals surface area contributed by atoms with E-state index in [9.17, 15) is 17.6 Å². The topological polar surface area (TPSA) is 9.23 Å².